The molecule has 0 aliphatic heterocycles. The SMILES string of the molecule is CC(=O)Nc1cc(C(=O)O)ccc1C(=O)Nc1[nH+]c(C)c(N=O)s1. The Kier molecular flexibility index (Phi) is 4.99. The Morgan fingerprint density at radius 1 is 1.25 bits per heavy atom. The molecule has 0 saturated heterocycles. The van der Waals surface area contributed by atoms with E-state index >= 15 is 0 Å². The molecule has 24 heavy (non-hydrogen) atoms. The van der Waals surface area contributed by atoms with Gasteiger partial charge in [0.25, 0.3) is 0 Å². The van der Waals surface area contributed by atoms with E-state index in [1.807, 2.05) is 0 Å². The minimum absolute atomic E-state index is 0.0683. The molecule has 2 aromatic rings. The largest absolute Gasteiger partial charge is 0.478 e. The fourth-order valence-electron chi connectivity index (χ4n) is 1.91. The van der Waals surface area contributed by atoms with Gasteiger partial charge in [0, 0.05) is 13.8 Å². The quantitative estimate of drug-likeness (QED) is 0.710. The standard InChI is InChI=1S/C14H12N4O5S/c1-6-12(18-23)24-14(15-6)17-11(20)9-4-3-8(13(21)22)5-10(9)16-7(2)19/h3-5H,1-2H3,(H,16,19)(H,21,22)(H,15,17,20)/p+1. The zero-order valence-electron chi connectivity index (χ0n) is 12.7. The number of hydrogen-bond donors (Lipinski definition) is 3. The van der Waals surface area contributed by atoms with Crippen LogP contribution in [0.5, 0.6) is 0 Å². The number of aryl methyl sites for hydroxylation is 1. The molecular weight excluding hydrogens is 336 g/mol. The fraction of sp³-hybridized carbons (Fsp3) is 0.143. The van der Waals surface area contributed by atoms with Crippen LogP contribution in [-0.4, -0.2) is 22.9 Å². The molecule has 0 radical (unpaired) electrons. The van der Waals surface area contributed by atoms with Gasteiger partial charge in [-0.1, -0.05) is 0 Å². The lowest BCUT2D eigenvalue weighted by atomic mass is 10.1. The Bertz CT molecular complexity index is 846. The van der Waals surface area contributed by atoms with Crippen molar-refractivity contribution in [1.82, 2.24) is 0 Å². The Morgan fingerprint density at radius 2 is 1.96 bits per heavy atom. The van der Waals surface area contributed by atoms with Gasteiger partial charge in [0.15, 0.2) is 0 Å². The molecule has 1 heterocycles. The summed E-state index contributed by atoms with van der Waals surface area (Å²) in [7, 11) is 0. The number of thiazole rings is 1. The van der Waals surface area contributed by atoms with Crippen LogP contribution in [0.4, 0.5) is 15.8 Å². The molecule has 0 unspecified atom stereocenters. The Balaban J connectivity index is 2.34. The van der Waals surface area contributed by atoms with Crippen molar-refractivity contribution < 1.29 is 24.5 Å². The zero-order valence-corrected chi connectivity index (χ0v) is 13.5. The van der Waals surface area contributed by atoms with E-state index in [0.717, 1.165) is 11.3 Å². The second-order valence-corrected chi connectivity index (χ2v) is 5.78. The lowest BCUT2D eigenvalue weighted by Gasteiger charge is -2.08. The first kappa shape index (κ1) is 17.2. The van der Waals surface area contributed by atoms with Crippen LogP contribution in [0.15, 0.2) is 23.4 Å². The maximum atomic E-state index is 12.4. The molecule has 124 valence electrons. The maximum absolute atomic E-state index is 12.4. The highest BCUT2D eigenvalue weighted by atomic mass is 32.1. The number of benzene rings is 1. The molecule has 0 bridgehead atoms. The lowest BCUT2D eigenvalue weighted by Crippen LogP contribution is -2.20. The second-order valence-electron chi connectivity index (χ2n) is 4.78. The number of aromatic amines is 1. The highest BCUT2D eigenvalue weighted by Gasteiger charge is 2.22. The summed E-state index contributed by atoms with van der Waals surface area (Å²) in [5.41, 5.74) is 0.590. The number of amides is 2. The van der Waals surface area contributed by atoms with Crippen LogP contribution in [-0.2, 0) is 4.79 Å². The molecule has 9 nitrogen and oxygen atoms in total. The number of carbonyl (C=O) groups excluding carboxylic acids is 2. The smallest absolute Gasteiger partial charge is 0.341 e. The van der Waals surface area contributed by atoms with Crippen molar-refractivity contribution in [2.45, 2.75) is 13.8 Å². The van der Waals surface area contributed by atoms with Crippen LogP contribution in [0, 0.1) is 11.8 Å². The molecule has 0 aliphatic rings. The number of rotatable bonds is 5. The highest BCUT2D eigenvalue weighted by molar-refractivity contribution is 7.19. The molecule has 0 aliphatic carbocycles. The van der Waals surface area contributed by atoms with Gasteiger partial charge in [0.2, 0.25) is 10.9 Å². The number of hydrogen-bond acceptors (Lipinski definition) is 6. The monoisotopic (exact) mass is 349 g/mol. The number of nitrogens with zero attached hydrogens (tertiary/aromatic N) is 1. The summed E-state index contributed by atoms with van der Waals surface area (Å²) in [6.07, 6.45) is 0. The van der Waals surface area contributed by atoms with E-state index in [9.17, 15) is 19.3 Å². The van der Waals surface area contributed by atoms with Crippen LogP contribution >= 0.6 is 11.3 Å². The van der Waals surface area contributed by atoms with Gasteiger partial charge in [0.1, 0.15) is 5.69 Å². The number of carboxylic acids is 1. The summed E-state index contributed by atoms with van der Waals surface area (Å²) in [6.45, 7) is 2.88. The van der Waals surface area contributed by atoms with E-state index in [-0.39, 0.29) is 21.8 Å². The van der Waals surface area contributed by atoms with E-state index in [0.29, 0.717) is 10.8 Å². The number of aromatic nitrogens is 1. The average molecular weight is 349 g/mol. The first-order valence-electron chi connectivity index (χ1n) is 6.64. The summed E-state index contributed by atoms with van der Waals surface area (Å²) < 4.78 is 0. The third-order valence-corrected chi connectivity index (χ3v) is 3.93. The van der Waals surface area contributed by atoms with Crippen LogP contribution in [0.3, 0.4) is 0 Å². The van der Waals surface area contributed by atoms with Crippen molar-refractivity contribution >= 4 is 44.9 Å². The molecule has 0 fully saturated rings. The van der Waals surface area contributed by atoms with Crippen molar-refractivity contribution in [1.29, 1.82) is 0 Å². The minimum Gasteiger partial charge on any atom is -0.478 e. The van der Waals surface area contributed by atoms with Gasteiger partial charge < -0.3 is 10.4 Å². The third-order valence-electron chi connectivity index (χ3n) is 2.95. The van der Waals surface area contributed by atoms with Crippen molar-refractivity contribution in [3.05, 3.63) is 39.9 Å². The molecule has 1 aromatic carbocycles. The lowest BCUT2D eigenvalue weighted by molar-refractivity contribution is -0.363. The number of carboxylic acid groups (broad SMARTS) is 1. The van der Waals surface area contributed by atoms with E-state index in [1.165, 1.54) is 25.1 Å². The van der Waals surface area contributed by atoms with E-state index in [2.05, 4.69) is 20.8 Å². The Morgan fingerprint density at radius 3 is 2.50 bits per heavy atom. The number of nitroso groups, excluding NO2 is 1. The normalized spacial score (nSPS) is 10.1. The van der Waals surface area contributed by atoms with E-state index < -0.39 is 17.8 Å². The Labute approximate surface area is 139 Å². The summed E-state index contributed by atoms with van der Waals surface area (Å²) >= 11 is 0.962. The summed E-state index contributed by atoms with van der Waals surface area (Å²) in [4.78, 5) is 48.1. The van der Waals surface area contributed by atoms with Crippen molar-refractivity contribution in [3.8, 4) is 0 Å². The maximum Gasteiger partial charge on any atom is 0.341 e. The molecule has 0 atom stereocenters. The molecule has 10 heteroatoms. The molecule has 0 saturated carbocycles. The van der Waals surface area contributed by atoms with Gasteiger partial charge in [-0.25, -0.2) is 14.6 Å². The van der Waals surface area contributed by atoms with E-state index in [4.69, 9.17) is 5.11 Å². The van der Waals surface area contributed by atoms with Crippen LogP contribution in [0.25, 0.3) is 0 Å². The number of carbonyl (C=O) groups is 3. The van der Waals surface area contributed by atoms with E-state index in [1.54, 1.807) is 6.92 Å². The zero-order chi connectivity index (χ0) is 17.9. The molecule has 4 N–H and O–H groups in total. The van der Waals surface area contributed by atoms with Gasteiger partial charge >= 0.3 is 17.0 Å². The summed E-state index contributed by atoms with van der Waals surface area (Å²) in [5.74, 6) is -2.21. The first-order valence-corrected chi connectivity index (χ1v) is 7.45. The minimum atomic E-state index is -1.18. The molecule has 1 aromatic heterocycles. The number of H-pyrrole nitrogens is 1. The summed E-state index contributed by atoms with van der Waals surface area (Å²) in [6, 6.07) is 3.74. The van der Waals surface area contributed by atoms with Crippen molar-refractivity contribution in [2.24, 2.45) is 5.18 Å². The van der Waals surface area contributed by atoms with Crippen molar-refractivity contribution in [3.63, 3.8) is 0 Å². The number of anilines is 2. The molecular formula is C14H13N4O5S+. The van der Waals surface area contributed by atoms with Crippen LogP contribution in [0.2, 0.25) is 0 Å². The Hall–Kier alpha value is -3.14. The predicted octanol–water partition coefficient (Wildman–Crippen LogP) is 2.18. The number of nitrogens with one attached hydrogen (secondary N) is 3. The topological polar surface area (TPSA) is 139 Å². The van der Waals surface area contributed by atoms with Crippen LogP contribution < -0.4 is 15.6 Å². The molecule has 0 spiro atoms. The first-order chi connectivity index (χ1) is 11.3. The van der Waals surface area contributed by atoms with Gasteiger partial charge in [0.05, 0.1) is 16.8 Å². The van der Waals surface area contributed by atoms with Gasteiger partial charge in [-0.3, -0.25) is 4.79 Å². The summed E-state index contributed by atoms with van der Waals surface area (Å²) in [5, 5.41) is 17.3. The van der Waals surface area contributed by atoms with Gasteiger partial charge in [-0.05, 0) is 34.7 Å². The second kappa shape index (κ2) is 6.96. The van der Waals surface area contributed by atoms with Crippen molar-refractivity contribution in [2.75, 3.05) is 10.6 Å². The van der Waals surface area contributed by atoms with Crippen LogP contribution in [0.1, 0.15) is 33.3 Å². The third kappa shape index (κ3) is 3.79. The molecule has 2 rings (SSSR count). The number of aromatic carboxylic acids is 1. The predicted molar refractivity (Wildman–Crippen MR) is 86.7 cm³/mol. The fourth-order valence-corrected chi connectivity index (χ4v) is 2.69. The van der Waals surface area contributed by atoms with Gasteiger partial charge in [-0.2, -0.15) is 5.32 Å². The average Bonchev–Trinajstić information content (AvgIpc) is 2.85. The van der Waals surface area contributed by atoms with Gasteiger partial charge in [-0.15, -0.1) is 4.91 Å². The highest BCUT2D eigenvalue weighted by Crippen LogP contribution is 2.27. The molecule has 2 amide bonds.